The van der Waals surface area contributed by atoms with Crippen molar-refractivity contribution in [1.82, 2.24) is 0 Å². The number of alkyl halides is 1. The number of hydrogen-bond donors (Lipinski definition) is 0. The van der Waals surface area contributed by atoms with Gasteiger partial charge < -0.3 is 4.74 Å². The highest BCUT2D eigenvalue weighted by Crippen LogP contribution is 2.29. The smallest absolute Gasteiger partial charge is 0.114 e. The van der Waals surface area contributed by atoms with E-state index in [1.807, 2.05) is 0 Å². The molecule has 3 heteroatoms. The predicted molar refractivity (Wildman–Crippen MR) is 41.9 cm³/mol. The van der Waals surface area contributed by atoms with Crippen LogP contribution in [-0.4, -0.2) is 17.5 Å². The highest BCUT2D eigenvalue weighted by molar-refractivity contribution is 9.10. The van der Waals surface area contributed by atoms with Crippen LogP contribution in [0, 0.1) is 11.3 Å². The van der Waals surface area contributed by atoms with Gasteiger partial charge in [0.05, 0.1) is 6.07 Å². The van der Waals surface area contributed by atoms with E-state index in [2.05, 4.69) is 22.0 Å². The van der Waals surface area contributed by atoms with Gasteiger partial charge in [-0.3, -0.25) is 0 Å². The van der Waals surface area contributed by atoms with Crippen molar-refractivity contribution in [1.29, 1.82) is 5.26 Å². The van der Waals surface area contributed by atoms with Crippen LogP contribution < -0.4 is 0 Å². The average Bonchev–Trinajstić information content (AvgIpc) is 2.15. The first kappa shape index (κ1) is 8.03. The molecule has 1 saturated heterocycles. The molecule has 1 fully saturated rings. The van der Waals surface area contributed by atoms with Crippen molar-refractivity contribution < 1.29 is 4.74 Å². The van der Waals surface area contributed by atoms with Gasteiger partial charge in [0.2, 0.25) is 0 Å². The zero-order valence-corrected chi connectivity index (χ0v) is 7.35. The fourth-order valence-corrected chi connectivity index (χ4v) is 1.47. The molecular weight excluding hydrogens is 194 g/mol. The van der Waals surface area contributed by atoms with Gasteiger partial charge in [-0.15, -0.1) is 0 Å². The van der Waals surface area contributed by atoms with Crippen molar-refractivity contribution >= 4 is 15.9 Å². The summed E-state index contributed by atoms with van der Waals surface area (Å²) in [5.41, 5.74) is 0. The summed E-state index contributed by atoms with van der Waals surface area (Å²) in [6.07, 6.45) is 2.70. The summed E-state index contributed by atoms with van der Waals surface area (Å²) in [4.78, 5) is 0. The molecule has 0 N–H and O–H groups in total. The van der Waals surface area contributed by atoms with Gasteiger partial charge in [0.25, 0.3) is 0 Å². The molecule has 1 aliphatic heterocycles. The molecule has 0 aliphatic carbocycles. The summed E-state index contributed by atoms with van der Waals surface area (Å²) in [5, 5.41) is 8.72. The SMILES string of the molecule is N#CC1(Br)CCCOCC1. The Balaban J connectivity index is 2.51. The largest absolute Gasteiger partial charge is 0.381 e. The van der Waals surface area contributed by atoms with E-state index in [1.165, 1.54) is 0 Å². The second-order valence-corrected chi connectivity index (χ2v) is 4.06. The molecule has 0 saturated carbocycles. The van der Waals surface area contributed by atoms with Crippen LogP contribution >= 0.6 is 15.9 Å². The monoisotopic (exact) mass is 203 g/mol. The third-order valence-corrected chi connectivity index (χ3v) is 2.68. The Labute approximate surface area is 69.3 Å². The maximum Gasteiger partial charge on any atom is 0.114 e. The average molecular weight is 204 g/mol. The third-order valence-electron chi connectivity index (χ3n) is 1.70. The van der Waals surface area contributed by atoms with Crippen LogP contribution in [0.1, 0.15) is 19.3 Å². The van der Waals surface area contributed by atoms with Gasteiger partial charge in [-0.2, -0.15) is 5.26 Å². The molecule has 1 heterocycles. The third kappa shape index (κ3) is 1.96. The highest BCUT2D eigenvalue weighted by atomic mass is 79.9. The second-order valence-electron chi connectivity index (χ2n) is 2.54. The van der Waals surface area contributed by atoms with Crippen LogP contribution in [0.5, 0.6) is 0 Å². The fraction of sp³-hybridized carbons (Fsp3) is 0.857. The molecule has 0 aromatic heterocycles. The number of rotatable bonds is 0. The van der Waals surface area contributed by atoms with Crippen LogP contribution in [0.25, 0.3) is 0 Å². The summed E-state index contributed by atoms with van der Waals surface area (Å²) in [6, 6.07) is 2.26. The van der Waals surface area contributed by atoms with Crippen LogP contribution in [0.3, 0.4) is 0 Å². The van der Waals surface area contributed by atoms with E-state index in [9.17, 15) is 0 Å². The summed E-state index contributed by atoms with van der Waals surface area (Å²) in [6.45, 7) is 1.51. The van der Waals surface area contributed by atoms with E-state index >= 15 is 0 Å². The van der Waals surface area contributed by atoms with Crippen LogP contribution in [-0.2, 0) is 4.74 Å². The Morgan fingerprint density at radius 1 is 1.40 bits per heavy atom. The lowest BCUT2D eigenvalue weighted by Crippen LogP contribution is -2.17. The molecule has 0 aromatic carbocycles. The molecule has 0 spiro atoms. The maximum atomic E-state index is 8.72. The lowest BCUT2D eigenvalue weighted by atomic mass is 10.0. The quantitative estimate of drug-likeness (QED) is 0.564. The Kier molecular flexibility index (Phi) is 2.70. The molecule has 1 atom stereocenters. The number of hydrogen-bond acceptors (Lipinski definition) is 2. The maximum absolute atomic E-state index is 8.72. The lowest BCUT2D eigenvalue weighted by molar-refractivity contribution is 0.144. The van der Waals surface area contributed by atoms with E-state index in [0.29, 0.717) is 6.61 Å². The fourth-order valence-electron chi connectivity index (χ4n) is 1.03. The first-order valence-electron chi connectivity index (χ1n) is 3.45. The van der Waals surface area contributed by atoms with Gasteiger partial charge >= 0.3 is 0 Å². The Hall–Kier alpha value is -0.0700. The second kappa shape index (κ2) is 3.36. The van der Waals surface area contributed by atoms with Gasteiger partial charge in [-0.05, 0) is 19.3 Å². The minimum atomic E-state index is -0.302. The van der Waals surface area contributed by atoms with E-state index in [0.717, 1.165) is 25.9 Å². The van der Waals surface area contributed by atoms with Crippen molar-refractivity contribution in [2.75, 3.05) is 13.2 Å². The molecule has 0 amide bonds. The molecule has 1 rings (SSSR count). The van der Waals surface area contributed by atoms with Crippen molar-refractivity contribution in [2.24, 2.45) is 0 Å². The summed E-state index contributed by atoms with van der Waals surface area (Å²) in [7, 11) is 0. The number of ether oxygens (including phenoxy) is 1. The van der Waals surface area contributed by atoms with Crippen LogP contribution in [0.2, 0.25) is 0 Å². The molecule has 1 aliphatic rings. The zero-order valence-electron chi connectivity index (χ0n) is 5.77. The highest BCUT2D eigenvalue weighted by Gasteiger charge is 2.27. The van der Waals surface area contributed by atoms with Gasteiger partial charge in [0, 0.05) is 13.2 Å². The van der Waals surface area contributed by atoms with Crippen molar-refractivity contribution in [3.8, 4) is 6.07 Å². The number of nitrogens with zero attached hydrogens (tertiary/aromatic N) is 1. The summed E-state index contributed by atoms with van der Waals surface area (Å²) in [5.74, 6) is 0. The Morgan fingerprint density at radius 3 is 2.90 bits per heavy atom. The van der Waals surface area contributed by atoms with Gasteiger partial charge in [-0.25, -0.2) is 0 Å². The minimum Gasteiger partial charge on any atom is -0.381 e. The summed E-state index contributed by atoms with van der Waals surface area (Å²) < 4.78 is 4.91. The molecule has 0 radical (unpaired) electrons. The van der Waals surface area contributed by atoms with E-state index in [1.54, 1.807) is 0 Å². The Morgan fingerprint density at radius 2 is 2.20 bits per heavy atom. The molecule has 2 nitrogen and oxygen atoms in total. The predicted octanol–water partition coefficient (Wildman–Crippen LogP) is 1.84. The minimum absolute atomic E-state index is 0.302. The summed E-state index contributed by atoms with van der Waals surface area (Å²) >= 11 is 3.40. The topological polar surface area (TPSA) is 33.0 Å². The lowest BCUT2D eigenvalue weighted by Gasteiger charge is -2.13. The molecule has 10 heavy (non-hydrogen) atoms. The van der Waals surface area contributed by atoms with Crippen LogP contribution in [0.15, 0.2) is 0 Å². The first-order chi connectivity index (χ1) is 4.77. The zero-order chi connectivity index (χ0) is 7.45. The molecule has 0 bridgehead atoms. The van der Waals surface area contributed by atoms with E-state index in [4.69, 9.17) is 10.00 Å². The number of nitriles is 1. The van der Waals surface area contributed by atoms with Crippen molar-refractivity contribution in [3.05, 3.63) is 0 Å². The number of halogens is 1. The van der Waals surface area contributed by atoms with Crippen molar-refractivity contribution in [3.63, 3.8) is 0 Å². The van der Waals surface area contributed by atoms with E-state index in [-0.39, 0.29) is 4.32 Å². The van der Waals surface area contributed by atoms with Gasteiger partial charge in [0.1, 0.15) is 4.32 Å². The molecule has 0 aromatic rings. The van der Waals surface area contributed by atoms with Crippen LogP contribution in [0.4, 0.5) is 0 Å². The molecular formula is C7H10BrNO. The van der Waals surface area contributed by atoms with Gasteiger partial charge in [0.15, 0.2) is 0 Å². The molecule has 56 valence electrons. The molecule has 1 unspecified atom stereocenters. The normalized spacial score (nSPS) is 34.4. The van der Waals surface area contributed by atoms with E-state index < -0.39 is 0 Å². The standard InChI is InChI=1S/C7H10BrNO/c8-7(6-9)2-1-4-10-5-3-7/h1-5H2. The van der Waals surface area contributed by atoms with Gasteiger partial charge in [-0.1, -0.05) is 15.9 Å². The Bertz CT molecular complexity index is 144. The van der Waals surface area contributed by atoms with Crippen molar-refractivity contribution in [2.45, 2.75) is 23.6 Å². The first-order valence-corrected chi connectivity index (χ1v) is 4.24.